The molecule has 0 saturated carbocycles. The van der Waals surface area contributed by atoms with Gasteiger partial charge in [0.15, 0.2) is 6.61 Å². The summed E-state index contributed by atoms with van der Waals surface area (Å²) in [4.78, 5) is 11.1. The summed E-state index contributed by atoms with van der Waals surface area (Å²) < 4.78 is 9.90. The molecule has 0 aliphatic carbocycles. The molecular formula is C20H25NO3. The normalized spacial score (nSPS) is 13.1. The van der Waals surface area contributed by atoms with Crippen molar-refractivity contribution in [3.8, 4) is 5.75 Å². The molecule has 0 saturated heterocycles. The average molecular weight is 327 g/mol. The summed E-state index contributed by atoms with van der Waals surface area (Å²) in [6.45, 7) is 4.29. The van der Waals surface area contributed by atoms with Crippen LogP contribution in [0.1, 0.15) is 31.0 Å². The summed E-state index contributed by atoms with van der Waals surface area (Å²) in [5.41, 5.74) is 2.51. The van der Waals surface area contributed by atoms with Gasteiger partial charge in [-0.05, 0) is 43.5 Å². The van der Waals surface area contributed by atoms with Crippen LogP contribution in [0.3, 0.4) is 0 Å². The van der Waals surface area contributed by atoms with Crippen molar-refractivity contribution in [2.75, 3.05) is 13.7 Å². The summed E-state index contributed by atoms with van der Waals surface area (Å²) in [5.74, 6) is 0.286. The molecule has 0 spiro atoms. The van der Waals surface area contributed by atoms with Crippen LogP contribution in [0.2, 0.25) is 0 Å². The van der Waals surface area contributed by atoms with Crippen molar-refractivity contribution < 1.29 is 14.3 Å². The zero-order chi connectivity index (χ0) is 17.4. The van der Waals surface area contributed by atoms with Crippen LogP contribution < -0.4 is 10.1 Å². The molecule has 0 radical (unpaired) electrons. The van der Waals surface area contributed by atoms with Crippen molar-refractivity contribution in [3.63, 3.8) is 0 Å². The Balaban J connectivity index is 1.83. The second-order valence-corrected chi connectivity index (χ2v) is 5.91. The van der Waals surface area contributed by atoms with Crippen LogP contribution in [0, 0.1) is 0 Å². The highest BCUT2D eigenvalue weighted by Crippen LogP contribution is 2.16. The molecule has 0 heterocycles. The van der Waals surface area contributed by atoms with E-state index in [9.17, 15) is 4.79 Å². The molecule has 0 fully saturated rings. The lowest BCUT2D eigenvalue weighted by Crippen LogP contribution is -2.30. The molecule has 4 heteroatoms. The number of hydrogen-bond acceptors (Lipinski definition) is 4. The second kappa shape index (κ2) is 9.08. The Morgan fingerprint density at radius 1 is 1.04 bits per heavy atom. The van der Waals surface area contributed by atoms with Gasteiger partial charge in [0, 0.05) is 12.1 Å². The van der Waals surface area contributed by atoms with Crippen LogP contribution in [0.5, 0.6) is 5.75 Å². The SMILES string of the molecule is COC(=O)COc1ccc(C[C@@H](C)N[C@H](C)c2ccccc2)cc1. The fourth-order valence-corrected chi connectivity index (χ4v) is 2.60. The van der Waals surface area contributed by atoms with Gasteiger partial charge in [-0.1, -0.05) is 42.5 Å². The maximum atomic E-state index is 11.1. The Hall–Kier alpha value is -2.33. The molecule has 0 unspecified atom stereocenters. The van der Waals surface area contributed by atoms with Gasteiger partial charge in [-0.15, -0.1) is 0 Å². The van der Waals surface area contributed by atoms with E-state index in [1.165, 1.54) is 18.2 Å². The number of carbonyl (C=O) groups excluding carboxylic acids is 1. The van der Waals surface area contributed by atoms with Gasteiger partial charge in [0.05, 0.1) is 7.11 Å². The number of nitrogens with one attached hydrogen (secondary N) is 1. The van der Waals surface area contributed by atoms with Crippen LogP contribution in [0.4, 0.5) is 0 Å². The molecule has 0 aliphatic heterocycles. The number of carbonyl (C=O) groups is 1. The fraction of sp³-hybridized carbons (Fsp3) is 0.350. The monoisotopic (exact) mass is 327 g/mol. The largest absolute Gasteiger partial charge is 0.482 e. The van der Waals surface area contributed by atoms with Gasteiger partial charge in [-0.25, -0.2) is 4.79 Å². The van der Waals surface area contributed by atoms with Crippen molar-refractivity contribution in [2.45, 2.75) is 32.4 Å². The van der Waals surface area contributed by atoms with Crippen LogP contribution in [-0.2, 0) is 16.0 Å². The van der Waals surface area contributed by atoms with Crippen LogP contribution in [0.25, 0.3) is 0 Å². The highest BCUT2D eigenvalue weighted by Gasteiger charge is 2.10. The minimum absolute atomic E-state index is 0.0671. The molecule has 0 bridgehead atoms. The van der Waals surface area contributed by atoms with Gasteiger partial charge in [0.2, 0.25) is 0 Å². The first-order valence-electron chi connectivity index (χ1n) is 8.18. The Kier molecular flexibility index (Phi) is 6.82. The number of methoxy groups -OCH3 is 1. The van der Waals surface area contributed by atoms with Gasteiger partial charge >= 0.3 is 5.97 Å². The molecule has 2 atom stereocenters. The predicted molar refractivity (Wildman–Crippen MR) is 95.1 cm³/mol. The first kappa shape index (κ1) is 18.0. The Morgan fingerprint density at radius 3 is 2.33 bits per heavy atom. The standard InChI is InChI=1S/C20H25NO3/c1-15(21-16(2)18-7-5-4-6-8-18)13-17-9-11-19(12-10-17)24-14-20(22)23-3/h4-12,15-16,21H,13-14H2,1-3H3/t15-,16-/m1/s1. The second-order valence-electron chi connectivity index (χ2n) is 5.91. The van der Waals surface area contributed by atoms with Crippen LogP contribution >= 0.6 is 0 Å². The first-order valence-corrected chi connectivity index (χ1v) is 8.18. The first-order chi connectivity index (χ1) is 11.6. The van der Waals surface area contributed by atoms with Gasteiger partial charge in [-0.3, -0.25) is 0 Å². The van der Waals surface area contributed by atoms with Crippen LogP contribution in [-0.4, -0.2) is 25.7 Å². The van der Waals surface area contributed by atoms with Gasteiger partial charge < -0.3 is 14.8 Å². The minimum Gasteiger partial charge on any atom is -0.482 e. The molecule has 1 N–H and O–H groups in total. The molecular weight excluding hydrogens is 302 g/mol. The summed E-state index contributed by atoms with van der Waals surface area (Å²) >= 11 is 0. The lowest BCUT2D eigenvalue weighted by Gasteiger charge is -2.20. The molecule has 2 aromatic carbocycles. The van der Waals surface area contributed by atoms with Crippen molar-refractivity contribution in [3.05, 3.63) is 65.7 Å². The predicted octanol–water partition coefficient (Wildman–Crippen LogP) is 3.52. The lowest BCUT2D eigenvalue weighted by molar-refractivity contribution is -0.142. The number of ether oxygens (including phenoxy) is 2. The third-order valence-corrected chi connectivity index (χ3v) is 3.88. The van der Waals surface area contributed by atoms with Crippen molar-refractivity contribution >= 4 is 5.97 Å². The van der Waals surface area contributed by atoms with E-state index in [-0.39, 0.29) is 12.6 Å². The Morgan fingerprint density at radius 2 is 1.71 bits per heavy atom. The molecule has 2 aromatic rings. The highest BCUT2D eigenvalue weighted by atomic mass is 16.6. The van der Waals surface area contributed by atoms with E-state index in [1.54, 1.807) is 0 Å². The van der Waals surface area contributed by atoms with Gasteiger partial charge in [0.1, 0.15) is 5.75 Å². The molecule has 0 aliphatic rings. The Labute approximate surface area is 143 Å². The molecule has 24 heavy (non-hydrogen) atoms. The molecule has 4 nitrogen and oxygen atoms in total. The smallest absolute Gasteiger partial charge is 0.343 e. The summed E-state index contributed by atoms with van der Waals surface area (Å²) in [5, 5.41) is 3.61. The summed E-state index contributed by atoms with van der Waals surface area (Å²) in [6, 6.07) is 18.9. The van der Waals surface area contributed by atoms with E-state index >= 15 is 0 Å². The summed E-state index contributed by atoms with van der Waals surface area (Å²) in [6.07, 6.45) is 0.925. The summed E-state index contributed by atoms with van der Waals surface area (Å²) in [7, 11) is 1.35. The number of benzene rings is 2. The lowest BCUT2D eigenvalue weighted by atomic mass is 10.0. The van der Waals surface area contributed by atoms with Crippen LogP contribution in [0.15, 0.2) is 54.6 Å². The number of esters is 1. The van der Waals surface area contributed by atoms with E-state index in [0.717, 1.165) is 6.42 Å². The quantitative estimate of drug-likeness (QED) is 0.754. The van der Waals surface area contributed by atoms with Crippen molar-refractivity contribution in [1.29, 1.82) is 0 Å². The molecule has 2 rings (SSSR count). The topological polar surface area (TPSA) is 47.6 Å². The van der Waals surface area contributed by atoms with Crippen molar-refractivity contribution in [2.24, 2.45) is 0 Å². The molecule has 0 aromatic heterocycles. The minimum atomic E-state index is -0.383. The van der Waals surface area contributed by atoms with E-state index in [4.69, 9.17) is 4.74 Å². The van der Waals surface area contributed by atoms with Gasteiger partial charge in [-0.2, -0.15) is 0 Å². The third kappa shape index (κ3) is 5.70. The van der Waals surface area contributed by atoms with Gasteiger partial charge in [0.25, 0.3) is 0 Å². The maximum absolute atomic E-state index is 11.1. The molecule has 0 amide bonds. The number of hydrogen-bond donors (Lipinski definition) is 1. The van der Waals surface area contributed by atoms with E-state index < -0.39 is 0 Å². The average Bonchev–Trinajstić information content (AvgIpc) is 2.61. The Bertz CT molecular complexity index is 625. The highest BCUT2D eigenvalue weighted by molar-refractivity contribution is 5.70. The van der Waals surface area contributed by atoms with Crippen molar-refractivity contribution in [1.82, 2.24) is 5.32 Å². The van der Waals surface area contributed by atoms with E-state index in [2.05, 4.69) is 48.2 Å². The van der Waals surface area contributed by atoms with E-state index in [1.807, 2.05) is 30.3 Å². The number of rotatable bonds is 8. The van der Waals surface area contributed by atoms with E-state index in [0.29, 0.717) is 17.8 Å². The third-order valence-electron chi connectivity index (χ3n) is 3.88. The maximum Gasteiger partial charge on any atom is 0.343 e. The fourth-order valence-electron chi connectivity index (χ4n) is 2.60. The molecule has 128 valence electrons. The zero-order valence-corrected chi connectivity index (χ0v) is 14.5. The zero-order valence-electron chi connectivity index (χ0n) is 14.5.